The van der Waals surface area contributed by atoms with Crippen LogP contribution in [-0.4, -0.2) is 17.7 Å². The van der Waals surface area contributed by atoms with E-state index in [1.54, 1.807) is 12.1 Å². The van der Waals surface area contributed by atoms with Crippen LogP contribution in [0.15, 0.2) is 41.0 Å². The Morgan fingerprint density at radius 1 is 1.23 bits per heavy atom. The lowest BCUT2D eigenvalue weighted by molar-refractivity contribution is -0.170. The molecule has 0 spiro atoms. The van der Waals surface area contributed by atoms with E-state index in [2.05, 4.69) is 0 Å². The fourth-order valence-corrected chi connectivity index (χ4v) is 1.80. The number of rotatable bonds is 4. The third-order valence-electron chi connectivity index (χ3n) is 2.89. The zero-order valence-electron chi connectivity index (χ0n) is 11.0. The molecule has 1 aromatic heterocycles. The molecule has 1 aromatic carbocycles. The van der Waals surface area contributed by atoms with Gasteiger partial charge in [0, 0.05) is 11.1 Å². The Balaban J connectivity index is 2.29. The molecule has 2 rings (SSSR count). The van der Waals surface area contributed by atoms with Gasteiger partial charge >= 0.3 is 6.18 Å². The van der Waals surface area contributed by atoms with Crippen molar-refractivity contribution in [1.82, 2.24) is 0 Å². The lowest BCUT2D eigenvalue weighted by Crippen LogP contribution is -2.25. The largest absolute Gasteiger partial charge is 0.464 e. The Kier molecular flexibility index (Phi) is 4.13. The molecule has 0 aliphatic rings. The number of ketones is 2. The summed E-state index contributed by atoms with van der Waals surface area (Å²) in [7, 11) is 0. The summed E-state index contributed by atoms with van der Waals surface area (Å²) in [6, 6.07) is 8.84. The van der Waals surface area contributed by atoms with Gasteiger partial charge in [0.2, 0.25) is 5.78 Å². The van der Waals surface area contributed by atoms with Crippen LogP contribution in [-0.2, 0) is 4.79 Å². The van der Waals surface area contributed by atoms with Gasteiger partial charge in [-0.3, -0.25) is 9.59 Å². The van der Waals surface area contributed by atoms with Crippen LogP contribution in [0.2, 0.25) is 0 Å². The van der Waals surface area contributed by atoms with Crippen molar-refractivity contribution in [2.75, 3.05) is 0 Å². The van der Waals surface area contributed by atoms with Gasteiger partial charge in [-0.15, -0.1) is 0 Å². The van der Waals surface area contributed by atoms with Gasteiger partial charge in [0.1, 0.15) is 5.76 Å². The maximum Gasteiger partial charge on any atom is 0.450 e. The zero-order valence-corrected chi connectivity index (χ0v) is 11.0. The van der Waals surface area contributed by atoms with Crippen LogP contribution in [0.5, 0.6) is 0 Å². The number of Topliss-reactive ketones (excluding diaryl/α,β-unsaturated/α-hetero) is 2. The van der Waals surface area contributed by atoms with Gasteiger partial charge in [0.15, 0.2) is 5.78 Å². The van der Waals surface area contributed by atoms with Crippen molar-refractivity contribution in [3.05, 3.63) is 47.7 Å². The summed E-state index contributed by atoms with van der Waals surface area (Å²) in [4.78, 5) is 22.5. The number of nitriles is 1. The summed E-state index contributed by atoms with van der Waals surface area (Å²) in [5, 5.41) is 9.08. The van der Waals surface area contributed by atoms with E-state index in [1.807, 2.05) is 6.07 Å². The summed E-state index contributed by atoms with van der Waals surface area (Å²) in [6.45, 7) is 0. The van der Waals surface area contributed by atoms with Crippen LogP contribution in [0.3, 0.4) is 0 Å². The third kappa shape index (κ3) is 3.23. The molecular formula is C15H8F3NO3. The quantitative estimate of drug-likeness (QED) is 0.640. The molecule has 0 bridgehead atoms. The normalized spacial score (nSPS) is 11.0. The fraction of sp³-hybridized carbons (Fsp3) is 0.133. The molecule has 2 aromatic rings. The van der Waals surface area contributed by atoms with Crippen LogP contribution in [0, 0.1) is 11.3 Å². The topological polar surface area (TPSA) is 71.1 Å². The number of furan rings is 1. The van der Waals surface area contributed by atoms with Gasteiger partial charge in [-0.2, -0.15) is 18.4 Å². The minimum absolute atomic E-state index is 0.0697. The van der Waals surface area contributed by atoms with E-state index >= 15 is 0 Å². The highest BCUT2D eigenvalue weighted by atomic mass is 19.4. The number of carbonyl (C=O) groups is 2. The molecule has 1 heterocycles. The highest BCUT2D eigenvalue weighted by Crippen LogP contribution is 2.26. The number of hydrogen-bond acceptors (Lipinski definition) is 4. The highest BCUT2D eigenvalue weighted by Gasteiger charge is 2.39. The number of hydrogen-bond donors (Lipinski definition) is 0. The second-order valence-electron chi connectivity index (χ2n) is 4.37. The van der Waals surface area contributed by atoms with Crippen molar-refractivity contribution in [3.63, 3.8) is 0 Å². The highest BCUT2D eigenvalue weighted by molar-refractivity contribution is 6.09. The first-order valence-electron chi connectivity index (χ1n) is 6.04. The standard InChI is InChI=1S/C15H8F3NO3/c16-15(17,18)14(21)7-12(20)9-3-4-11(10(6-9)8-19)13-2-1-5-22-13/h1-6H,7H2. The molecule has 0 aliphatic heterocycles. The smallest absolute Gasteiger partial charge is 0.450 e. The Morgan fingerprint density at radius 3 is 2.50 bits per heavy atom. The lowest BCUT2D eigenvalue weighted by Gasteiger charge is -2.06. The van der Waals surface area contributed by atoms with Gasteiger partial charge in [0.25, 0.3) is 0 Å². The van der Waals surface area contributed by atoms with Crippen LogP contribution in [0.1, 0.15) is 22.3 Å². The Hall–Kier alpha value is -2.88. The van der Waals surface area contributed by atoms with E-state index in [0.29, 0.717) is 11.3 Å². The predicted octanol–water partition coefficient (Wildman–Crippen LogP) is 3.52. The predicted molar refractivity (Wildman–Crippen MR) is 68.9 cm³/mol. The molecule has 0 saturated heterocycles. The average molecular weight is 307 g/mol. The van der Waals surface area contributed by atoms with Crippen LogP contribution < -0.4 is 0 Å². The number of alkyl halides is 3. The molecule has 4 nitrogen and oxygen atoms in total. The Bertz CT molecular complexity index is 755. The van der Waals surface area contributed by atoms with Crippen molar-refractivity contribution < 1.29 is 27.2 Å². The summed E-state index contributed by atoms with van der Waals surface area (Å²) < 4.78 is 41.6. The molecule has 112 valence electrons. The Morgan fingerprint density at radius 2 is 1.95 bits per heavy atom. The van der Waals surface area contributed by atoms with Crippen molar-refractivity contribution in [3.8, 4) is 17.4 Å². The van der Waals surface area contributed by atoms with Gasteiger partial charge in [-0.25, -0.2) is 0 Å². The maximum absolute atomic E-state index is 12.2. The average Bonchev–Trinajstić information content (AvgIpc) is 2.99. The molecule has 0 aliphatic carbocycles. The molecule has 0 amide bonds. The molecule has 0 unspecified atom stereocenters. The zero-order chi connectivity index (χ0) is 16.3. The third-order valence-corrected chi connectivity index (χ3v) is 2.89. The van der Waals surface area contributed by atoms with Crippen LogP contribution >= 0.6 is 0 Å². The van der Waals surface area contributed by atoms with Crippen LogP contribution in [0.4, 0.5) is 13.2 Å². The number of benzene rings is 1. The Labute approximate surface area is 122 Å². The van der Waals surface area contributed by atoms with Crippen molar-refractivity contribution in [1.29, 1.82) is 5.26 Å². The van der Waals surface area contributed by atoms with Gasteiger partial charge in [-0.1, -0.05) is 6.07 Å². The summed E-state index contributed by atoms with van der Waals surface area (Å²) in [5.74, 6) is -2.72. The van der Waals surface area contributed by atoms with Crippen molar-refractivity contribution in [2.45, 2.75) is 12.6 Å². The second kappa shape index (κ2) is 5.85. The first-order chi connectivity index (χ1) is 10.3. The monoisotopic (exact) mass is 307 g/mol. The van der Waals surface area contributed by atoms with E-state index in [1.165, 1.54) is 18.4 Å². The molecule has 0 saturated carbocycles. The summed E-state index contributed by atoms with van der Waals surface area (Å²) >= 11 is 0. The minimum Gasteiger partial charge on any atom is -0.464 e. The maximum atomic E-state index is 12.2. The van der Waals surface area contributed by atoms with Crippen molar-refractivity contribution in [2.24, 2.45) is 0 Å². The van der Waals surface area contributed by atoms with E-state index in [9.17, 15) is 22.8 Å². The number of nitrogens with zero attached hydrogens (tertiary/aromatic N) is 1. The first kappa shape index (κ1) is 15.5. The number of carbonyl (C=O) groups excluding carboxylic acids is 2. The van der Waals surface area contributed by atoms with E-state index in [4.69, 9.17) is 9.68 Å². The molecular weight excluding hydrogens is 299 g/mol. The second-order valence-corrected chi connectivity index (χ2v) is 4.37. The van der Waals surface area contributed by atoms with Gasteiger partial charge in [0.05, 0.1) is 24.3 Å². The molecule has 0 atom stereocenters. The molecule has 0 fully saturated rings. The lowest BCUT2D eigenvalue weighted by atomic mass is 9.99. The molecule has 7 heteroatoms. The fourth-order valence-electron chi connectivity index (χ4n) is 1.80. The van der Waals surface area contributed by atoms with Gasteiger partial charge in [-0.05, 0) is 24.3 Å². The van der Waals surface area contributed by atoms with Crippen LogP contribution in [0.25, 0.3) is 11.3 Å². The molecule has 0 N–H and O–H groups in total. The number of halogens is 3. The van der Waals surface area contributed by atoms with E-state index < -0.39 is 24.2 Å². The SMILES string of the molecule is N#Cc1cc(C(=O)CC(=O)C(F)(F)F)ccc1-c1ccco1. The molecule has 0 radical (unpaired) electrons. The van der Waals surface area contributed by atoms with Gasteiger partial charge < -0.3 is 4.42 Å². The van der Waals surface area contributed by atoms with E-state index in [0.717, 1.165) is 6.07 Å². The minimum atomic E-state index is -5.05. The first-order valence-corrected chi connectivity index (χ1v) is 6.04. The summed E-state index contributed by atoms with van der Waals surface area (Å²) in [5.41, 5.74) is 0.343. The van der Waals surface area contributed by atoms with Crippen molar-refractivity contribution >= 4 is 11.6 Å². The van der Waals surface area contributed by atoms with E-state index in [-0.39, 0.29) is 11.1 Å². The molecule has 22 heavy (non-hydrogen) atoms. The summed E-state index contributed by atoms with van der Waals surface area (Å²) in [6.07, 6.45) is -4.94.